The SMILES string of the molecule is CCN(C(C)CNCC(F)(F)F)C(C)COC. The van der Waals surface area contributed by atoms with Gasteiger partial charge >= 0.3 is 6.18 Å². The summed E-state index contributed by atoms with van der Waals surface area (Å²) in [6.07, 6.45) is -4.14. The summed E-state index contributed by atoms with van der Waals surface area (Å²) in [4.78, 5) is 2.12. The van der Waals surface area contributed by atoms with E-state index in [-0.39, 0.29) is 12.1 Å². The van der Waals surface area contributed by atoms with Crippen molar-refractivity contribution < 1.29 is 17.9 Å². The van der Waals surface area contributed by atoms with Crippen LogP contribution in [-0.2, 0) is 4.74 Å². The molecule has 104 valence electrons. The fourth-order valence-corrected chi connectivity index (χ4v) is 1.93. The topological polar surface area (TPSA) is 24.5 Å². The summed E-state index contributed by atoms with van der Waals surface area (Å²) in [7, 11) is 1.62. The Kier molecular flexibility index (Phi) is 7.74. The van der Waals surface area contributed by atoms with Gasteiger partial charge < -0.3 is 10.1 Å². The lowest BCUT2D eigenvalue weighted by molar-refractivity contribution is -0.125. The molecule has 0 aromatic rings. The van der Waals surface area contributed by atoms with Crippen molar-refractivity contribution >= 4 is 0 Å². The molecule has 0 saturated carbocycles. The van der Waals surface area contributed by atoms with Crippen LogP contribution in [0.4, 0.5) is 13.2 Å². The third kappa shape index (κ3) is 7.57. The average Bonchev–Trinajstić information content (AvgIpc) is 2.17. The summed E-state index contributed by atoms with van der Waals surface area (Å²) in [5.74, 6) is 0. The molecule has 2 atom stereocenters. The molecule has 0 aliphatic carbocycles. The van der Waals surface area contributed by atoms with Crippen LogP contribution in [0.3, 0.4) is 0 Å². The van der Waals surface area contributed by atoms with Crippen molar-refractivity contribution in [3.63, 3.8) is 0 Å². The molecular weight excluding hydrogens is 233 g/mol. The molecule has 0 spiro atoms. The second kappa shape index (κ2) is 7.89. The Morgan fingerprint density at radius 1 is 1.24 bits per heavy atom. The summed E-state index contributed by atoms with van der Waals surface area (Å²) >= 11 is 0. The Bertz CT molecular complexity index is 200. The number of hydrogen-bond donors (Lipinski definition) is 1. The number of methoxy groups -OCH3 is 1. The van der Waals surface area contributed by atoms with E-state index >= 15 is 0 Å². The lowest BCUT2D eigenvalue weighted by Gasteiger charge is -2.33. The smallest absolute Gasteiger partial charge is 0.383 e. The molecule has 2 unspecified atom stereocenters. The van der Waals surface area contributed by atoms with E-state index in [1.807, 2.05) is 20.8 Å². The van der Waals surface area contributed by atoms with Crippen LogP contribution in [0.15, 0.2) is 0 Å². The number of rotatable bonds is 8. The van der Waals surface area contributed by atoms with Crippen LogP contribution in [0.1, 0.15) is 20.8 Å². The van der Waals surface area contributed by atoms with Gasteiger partial charge in [-0.3, -0.25) is 4.90 Å². The Balaban J connectivity index is 4.03. The van der Waals surface area contributed by atoms with Gasteiger partial charge in [-0.15, -0.1) is 0 Å². The van der Waals surface area contributed by atoms with Gasteiger partial charge in [0, 0.05) is 25.7 Å². The van der Waals surface area contributed by atoms with E-state index in [0.29, 0.717) is 13.2 Å². The number of hydrogen-bond acceptors (Lipinski definition) is 3. The molecule has 1 N–H and O–H groups in total. The van der Waals surface area contributed by atoms with Crippen molar-refractivity contribution in [1.82, 2.24) is 10.2 Å². The van der Waals surface area contributed by atoms with Gasteiger partial charge in [0.1, 0.15) is 0 Å². The summed E-state index contributed by atoms with van der Waals surface area (Å²) in [5, 5.41) is 2.43. The maximum absolute atomic E-state index is 12.0. The van der Waals surface area contributed by atoms with Crippen LogP contribution in [0.5, 0.6) is 0 Å². The van der Waals surface area contributed by atoms with Gasteiger partial charge in [0.2, 0.25) is 0 Å². The molecule has 0 aromatic heterocycles. The summed E-state index contributed by atoms with van der Waals surface area (Å²) < 4.78 is 41.0. The molecule has 0 heterocycles. The lowest BCUT2D eigenvalue weighted by atomic mass is 10.2. The zero-order valence-corrected chi connectivity index (χ0v) is 11.0. The minimum atomic E-state index is -4.14. The number of likely N-dealkylation sites (N-methyl/N-ethyl adjacent to an activating group) is 1. The number of ether oxygens (including phenoxy) is 1. The molecule has 6 heteroatoms. The van der Waals surface area contributed by atoms with Crippen LogP contribution in [0, 0.1) is 0 Å². The number of nitrogens with zero attached hydrogens (tertiary/aromatic N) is 1. The van der Waals surface area contributed by atoms with Gasteiger partial charge in [-0.25, -0.2) is 0 Å². The quantitative estimate of drug-likeness (QED) is 0.717. The molecule has 0 aliphatic rings. The van der Waals surface area contributed by atoms with Gasteiger partial charge in [0.05, 0.1) is 13.2 Å². The van der Waals surface area contributed by atoms with Crippen LogP contribution in [-0.4, -0.2) is 56.5 Å². The molecule has 17 heavy (non-hydrogen) atoms. The first-order chi connectivity index (χ1) is 7.81. The minimum Gasteiger partial charge on any atom is -0.383 e. The maximum Gasteiger partial charge on any atom is 0.401 e. The van der Waals surface area contributed by atoms with Gasteiger partial charge in [-0.05, 0) is 20.4 Å². The van der Waals surface area contributed by atoms with Crippen molar-refractivity contribution in [2.75, 3.05) is 33.4 Å². The summed E-state index contributed by atoms with van der Waals surface area (Å²) in [6, 6.07) is 0.250. The Morgan fingerprint density at radius 3 is 2.24 bits per heavy atom. The van der Waals surface area contributed by atoms with E-state index in [9.17, 15) is 13.2 Å². The molecule has 0 saturated heterocycles. The first kappa shape index (κ1) is 16.7. The van der Waals surface area contributed by atoms with Crippen LogP contribution < -0.4 is 5.32 Å². The predicted molar refractivity (Wildman–Crippen MR) is 62.1 cm³/mol. The molecule has 0 amide bonds. The fraction of sp³-hybridized carbons (Fsp3) is 1.00. The van der Waals surface area contributed by atoms with Gasteiger partial charge in [-0.1, -0.05) is 6.92 Å². The highest BCUT2D eigenvalue weighted by Crippen LogP contribution is 2.12. The highest BCUT2D eigenvalue weighted by Gasteiger charge is 2.27. The molecule has 3 nitrogen and oxygen atoms in total. The third-order valence-electron chi connectivity index (χ3n) is 2.67. The highest BCUT2D eigenvalue weighted by atomic mass is 19.4. The number of nitrogens with one attached hydrogen (secondary N) is 1. The van der Waals surface area contributed by atoms with E-state index in [1.54, 1.807) is 7.11 Å². The third-order valence-corrected chi connectivity index (χ3v) is 2.67. The summed E-state index contributed by atoms with van der Waals surface area (Å²) in [6.45, 7) is 6.67. The molecule has 0 bridgehead atoms. The predicted octanol–water partition coefficient (Wildman–Crippen LogP) is 1.88. The second-order valence-electron chi connectivity index (χ2n) is 4.23. The summed E-state index contributed by atoms with van der Waals surface area (Å²) in [5.41, 5.74) is 0. The van der Waals surface area contributed by atoms with E-state index in [1.165, 1.54) is 0 Å². The van der Waals surface area contributed by atoms with Crippen LogP contribution in [0.2, 0.25) is 0 Å². The van der Waals surface area contributed by atoms with Crippen molar-refractivity contribution in [1.29, 1.82) is 0 Å². The first-order valence-electron chi connectivity index (χ1n) is 5.84. The average molecular weight is 256 g/mol. The minimum absolute atomic E-state index is 0.0486. The first-order valence-corrected chi connectivity index (χ1v) is 5.84. The Hall–Kier alpha value is -0.330. The van der Waals surface area contributed by atoms with Gasteiger partial charge in [0.15, 0.2) is 0 Å². The number of alkyl halides is 3. The molecule has 0 rings (SSSR count). The molecule has 0 aromatic carbocycles. The van der Waals surface area contributed by atoms with Crippen LogP contribution in [0.25, 0.3) is 0 Å². The van der Waals surface area contributed by atoms with E-state index < -0.39 is 12.7 Å². The largest absolute Gasteiger partial charge is 0.401 e. The van der Waals surface area contributed by atoms with Gasteiger partial charge in [-0.2, -0.15) is 13.2 Å². The van der Waals surface area contributed by atoms with Gasteiger partial charge in [0.25, 0.3) is 0 Å². The Labute approximate surface area is 101 Å². The van der Waals surface area contributed by atoms with Crippen molar-refractivity contribution in [2.45, 2.75) is 39.0 Å². The van der Waals surface area contributed by atoms with E-state index in [0.717, 1.165) is 6.54 Å². The fourth-order valence-electron chi connectivity index (χ4n) is 1.93. The van der Waals surface area contributed by atoms with E-state index in [4.69, 9.17) is 4.74 Å². The van der Waals surface area contributed by atoms with Crippen molar-refractivity contribution in [3.8, 4) is 0 Å². The van der Waals surface area contributed by atoms with Crippen molar-refractivity contribution in [2.24, 2.45) is 0 Å². The normalized spacial score (nSPS) is 16.2. The Morgan fingerprint density at radius 2 is 1.82 bits per heavy atom. The molecule has 0 fully saturated rings. The standard InChI is InChI=1S/C11H23F3N2O/c1-5-16(10(3)7-17-4)9(2)6-15-8-11(12,13)14/h9-10,15H,5-8H2,1-4H3. The van der Waals surface area contributed by atoms with Crippen molar-refractivity contribution in [3.05, 3.63) is 0 Å². The zero-order valence-electron chi connectivity index (χ0n) is 11.0. The molecule has 0 aliphatic heterocycles. The monoisotopic (exact) mass is 256 g/mol. The maximum atomic E-state index is 12.0. The van der Waals surface area contributed by atoms with E-state index in [2.05, 4.69) is 10.2 Å². The van der Waals surface area contributed by atoms with Crippen LogP contribution >= 0.6 is 0 Å². The lowest BCUT2D eigenvalue weighted by Crippen LogP contribution is -2.47. The zero-order chi connectivity index (χ0) is 13.5. The molecular formula is C11H23F3N2O. The second-order valence-corrected chi connectivity index (χ2v) is 4.23. The molecule has 0 radical (unpaired) electrons. The highest BCUT2D eigenvalue weighted by molar-refractivity contribution is 4.74. The number of halogens is 3.